The molecule has 80 heavy (non-hydrogen) atoms. The summed E-state index contributed by atoms with van der Waals surface area (Å²) < 4.78 is 10.6. The van der Waals surface area contributed by atoms with Crippen LogP contribution >= 0.6 is 0 Å². The molecule has 0 amide bonds. The highest BCUT2D eigenvalue weighted by molar-refractivity contribution is 6.16. The van der Waals surface area contributed by atoms with Gasteiger partial charge in [-0.2, -0.15) is 42.1 Å². The first-order valence-corrected chi connectivity index (χ1v) is 25.0. The van der Waals surface area contributed by atoms with E-state index in [9.17, 15) is 51.7 Å². The van der Waals surface area contributed by atoms with Crippen LogP contribution in [0.1, 0.15) is 93.6 Å². The molecule has 4 aliphatic carbocycles. The molecule has 380 valence electrons. The maximum absolute atomic E-state index is 13.7. The third-order valence-corrected chi connectivity index (χ3v) is 14.0. The van der Waals surface area contributed by atoms with Crippen molar-refractivity contribution in [2.45, 2.75) is 39.5 Å². The van der Waals surface area contributed by atoms with Crippen LogP contribution in [0.4, 0.5) is 0 Å². The number of fused-ring (bicyclic) bond motifs is 3. The standard InChI is InChI=1S/C68H44N8O4/c1-39(2)46-9-7-11-55-57(27-46)61(67(77)79-5)29-59(55)65(44-19-13-42(14-20-44)51(31-69)32-70)63(53(35-73)36-74)48-23-17-41-18-24-49(26-50(41)25-48)64(54(37-75)38-76)66(45-21-15-43(16-22-45)52(33-71)34-72)60-30-62(68(78)80-6)58-28-47(40(3)4)10-8-12-56(58)60/h7-30,39-40H,1-6H3. The molecule has 12 heteroatoms. The third-order valence-electron chi connectivity index (χ3n) is 14.0. The van der Waals surface area contributed by atoms with Gasteiger partial charge in [-0.25, -0.2) is 9.59 Å². The number of benzene rings is 4. The van der Waals surface area contributed by atoms with Gasteiger partial charge < -0.3 is 9.47 Å². The molecule has 0 radical (unpaired) electrons. The average molecular weight is 1040 g/mol. The summed E-state index contributed by atoms with van der Waals surface area (Å²) in [5.74, 6) is -1.11. The molecule has 0 spiro atoms. The van der Waals surface area contributed by atoms with Crippen molar-refractivity contribution in [2.24, 2.45) is 0 Å². The Morgan fingerprint density at radius 2 is 0.725 bits per heavy atom. The monoisotopic (exact) mass is 1040 g/mol. The van der Waals surface area contributed by atoms with E-state index in [1.54, 1.807) is 97.1 Å². The normalized spacial score (nSPS) is 10.3. The number of ether oxygens (including phenoxy) is 2. The number of carbonyl (C=O) groups excluding carboxylic acids is 2. The minimum atomic E-state index is -0.619. The number of hydrogen-bond donors (Lipinski definition) is 0. The Hall–Kier alpha value is -11.6. The predicted octanol–water partition coefficient (Wildman–Crippen LogP) is 10.7. The maximum atomic E-state index is 13.7. The van der Waals surface area contributed by atoms with E-state index in [-0.39, 0.29) is 56.4 Å². The first-order valence-electron chi connectivity index (χ1n) is 25.0. The second-order valence-corrected chi connectivity index (χ2v) is 19.1. The molecule has 4 aliphatic rings. The molecule has 0 saturated carbocycles. The number of nitrogens with zero attached hydrogens (tertiary/aromatic N) is 8. The molecule has 8 rings (SSSR count). The number of methoxy groups -OCH3 is 2. The molecular weight excluding hydrogens is 993 g/mol. The molecule has 0 N–H and O–H groups in total. The Morgan fingerprint density at radius 1 is 0.375 bits per heavy atom. The number of hydrogen-bond acceptors (Lipinski definition) is 12. The molecular formula is C68H44N8O4. The van der Waals surface area contributed by atoms with Crippen LogP contribution in [-0.2, 0) is 9.47 Å². The van der Waals surface area contributed by atoms with Gasteiger partial charge in [0, 0.05) is 21.6 Å². The van der Waals surface area contributed by atoms with Gasteiger partial charge >= 0.3 is 11.9 Å². The highest BCUT2D eigenvalue weighted by Crippen LogP contribution is 2.45. The highest BCUT2D eigenvalue weighted by Gasteiger charge is 2.30. The zero-order chi connectivity index (χ0) is 57.4. The van der Waals surface area contributed by atoms with Gasteiger partial charge in [0.25, 0.3) is 0 Å². The van der Waals surface area contributed by atoms with E-state index >= 15 is 0 Å². The molecule has 0 saturated heterocycles. The van der Waals surface area contributed by atoms with Crippen LogP contribution in [0.25, 0.3) is 66.5 Å². The van der Waals surface area contributed by atoms with Crippen LogP contribution in [0.5, 0.6) is 0 Å². The van der Waals surface area contributed by atoms with E-state index in [2.05, 4.69) is 24.3 Å². The van der Waals surface area contributed by atoms with Crippen molar-refractivity contribution in [2.75, 3.05) is 14.2 Å². The van der Waals surface area contributed by atoms with E-state index in [4.69, 9.17) is 9.47 Å². The van der Waals surface area contributed by atoms with E-state index in [0.717, 1.165) is 11.1 Å². The molecule has 4 aromatic rings. The fourth-order valence-corrected chi connectivity index (χ4v) is 9.92. The minimum absolute atomic E-state index is 0.0630. The summed E-state index contributed by atoms with van der Waals surface area (Å²) in [5, 5.41) is 85.6. The zero-order valence-corrected chi connectivity index (χ0v) is 44.2. The molecule has 0 bridgehead atoms. The molecule has 0 unspecified atom stereocenters. The number of rotatable bonds is 10. The van der Waals surface area contributed by atoms with E-state index < -0.39 is 11.9 Å². The van der Waals surface area contributed by atoms with Gasteiger partial charge in [0.15, 0.2) is 0 Å². The maximum Gasteiger partial charge on any atom is 0.338 e. The predicted molar refractivity (Wildman–Crippen MR) is 303 cm³/mol. The lowest BCUT2D eigenvalue weighted by molar-refractivity contribution is 0.0593. The Bertz CT molecular complexity index is 4200. The molecule has 4 aromatic carbocycles. The molecule has 0 atom stereocenters. The Balaban J connectivity index is 1.49. The van der Waals surface area contributed by atoms with Gasteiger partial charge in [-0.1, -0.05) is 149 Å². The van der Waals surface area contributed by atoms with E-state index in [1.807, 2.05) is 101 Å². The first-order chi connectivity index (χ1) is 38.7. The highest BCUT2D eigenvalue weighted by atomic mass is 16.5. The number of esters is 2. The van der Waals surface area contributed by atoms with Crippen LogP contribution in [0.2, 0.25) is 0 Å². The lowest BCUT2D eigenvalue weighted by Gasteiger charge is -2.17. The van der Waals surface area contributed by atoms with Crippen LogP contribution in [-0.4, -0.2) is 26.2 Å². The number of nitriles is 8. The third kappa shape index (κ3) is 10.2. The second kappa shape index (κ2) is 23.5. The van der Waals surface area contributed by atoms with Gasteiger partial charge in [0.2, 0.25) is 0 Å². The lowest BCUT2D eigenvalue weighted by Crippen LogP contribution is -2.14. The van der Waals surface area contributed by atoms with Crippen LogP contribution in [0.3, 0.4) is 0 Å². The molecule has 0 heterocycles. The fourth-order valence-electron chi connectivity index (χ4n) is 9.92. The zero-order valence-electron chi connectivity index (χ0n) is 44.2. The summed E-state index contributed by atoms with van der Waals surface area (Å²) in [6.07, 6.45) is 0. The van der Waals surface area contributed by atoms with Gasteiger partial charge in [-0.3, -0.25) is 0 Å². The summed E-state index contributed by atoms with van der Waals surface area (Å²) in [6, 6.07) is 58.5. The van der Waals surface area contributed by atoms with Crippen molar-refractivity contribution in [3.8, 4) is 70.8 Å². The largest absolute Gasteiger partial charge is 0.465 e. The van der Waals surface area contributed by atoms with Crippen molar-refractivity contribution < 1.29 is 19.1 Å². The van der Waals surface area contributed by atoms with Crippen LogP contribution in [0.15, 0.2) is 157 Å². The van der Waals surface area contributed by atoms with Gasteiger partial charge in [-0.05, 0) is 124 Å². The Kier molecular flexibility index (Phi) is 16.0. The topological polar surface area (TPSA) is 243 Å². The smallest absolute Gasteiger partial charge is 0.338 e. The minimum Gasteiger partial charge on any atom is -0.465 e. The molecule has 0 aliphatic heterocycles. The fraction of sp³-hybridized carbons (Fsp3) is 0.118. The van der Waals surface area contributed by atoms with Crippen molar-refractivity contribution >= 4 is 56.1 Å². The van der Waals surface area contributed by atoms with Crippen molar-refractivity contribution in [3.63, 3.8) is 0 Å². The first kappa shape index (κ1) is 54.6. The summed E-state index contributed by atoms with van der Waals surface area (Å²) in [7, 11) is 2.57. The van der Waals surface area contributed by atoms with Crippen molar-refractivity contribution in [1.82, 2.24) is 0 Å². The number of carbonyl (C=O) groups is 2. The summed E-state index contributed by atoms with van der Waals surface area (Å²) in [6.45, 7) is 8.11. The van der Waals surface area contributed by atoms with E-state index in [0.29, 0.717) is 87.3 Å². The van der Waals surface area contributed by atoms with Crippen molar-refractivity contribution in [1.29, 1.82) is 42.1 Å². The van der Waals surface area contributed by atoms with Crippen LogP contribution in [0, 0.1) is 90.6 Å². The lowest BCUT2D eigenvalue weighted by atomic mass is 9.84. The molecule has 12 nitrogen and oxygen atoms in total. The SMILES string of the molecule is COC(=O)c1cc(C(C(=C(C#N)C#N)c2ccc3ccc(C(=C(C#N)C#N)C(c4cc(C(=O)OC)c5cc(C(C)C)cccc4-5)=c4ccc(=C(C#N)C#N)cc4)cc3c2)=c2ccc(=C(C#N)C#N)cc2)c2cccc(C(C)C)cc1-2. The van der Waals surface area contributed by atoms with Crippen molar-refractivity contribution in [3.05, 3.63) is 222 Å². The Labute approximate surface area is 461 Å². The van der Waals surface area contributed by atoms with Gasteiger partial charge in [-0.15, -0.1) is 0 Å². The molecule has 0 aromatic heterocycles. The Morgan fingerprint density at radius 3 is 1.04 bits per heavy atom. The second-order valence-electron chi connectivity index (χ2n) is 19.1. The van der Waals surface area contributed by atoms with Gasteiger partial charge in [0.05, 0.1) is 25.3 Å². The summed E-state index contributed by atoms with van der Waals surface area (Å²) in [4.78, 5) is 27.5. The van der Waals surface area contributed by atoms with E-state index in [1.165, 1.54) is 14.2 Å². The molecule has 0 fully saturated rings. The van der Waals surface area contributed by atoms with Crippen LogP contribution < -0.4 is 20.9 Å². The average Bonchev–Trinajstić information content (AvgIpc) is 3.81. The number of allylic oxidation sites excluding steroid dienone is 4. The summed E-state index contributed by atoms with van der Waals surface area (Å²) >= 11 is 0. The van der Waals surface area contributed by atoms with Gasteiger partial charge in [0.1, 0.15) is 70.8 Å². The quantitative estimate of drug-likeness (QED) is 0.0917. The summed E-state index contributed by atoms with van der Waals surface area (Å²) in [5.41, 5.74) is 6.57.